The summed E-state index contributed by atoms with van der Waals surface area (Å²) in [6, 6.07) is 0. The van der Waals surface area contributed by atoms with Gasteiger partial charge >= 0.3 is 0 Å². The number of hydroxylamine groups is 4. The molecule has 2 saturated heterocycles. The van der Waals surface area contributed by atoms with Crippen LogP contribution < -0.4 is 0 Å². The molecule has 2 aliphatic heterocycles. The topological polar surface area (TPSA) is 65.4 Å². The van der Waals surface area contributed by atoms with Crippen LogP contribution in [0.3, 0.4) is 0 Å². The summed E-state index contributed by atoms with van der Waals surface area (Å²) in [6.07, 6.45) is 9.48. The Bertz CT molecular complexity index is 490. The predicted octanol–water partition coefficient (Wildman–Crippen LogP) is 5.22. The van der Waals surface area contributed by atoms with E-state index in [1.165, 1.54) is 25.7 Å². The Balaban J connectivity index is 1.57. The lowest BCUT2D eigenvalue weighted by molar-refractivity contribution is -0.292. The summed E-state index contributed by atoms with van der Waals surface area (Å²) in [5.41, 5.74) is -0.568. The van der Waals surface area contributed by atoms with Crippen molar-refractivity contribution < 1.29 is 19.9 Å². The van der Waals surface area contributed by atoms with E-state index in [1.54, 1.807) is 0 Å². The molecule has 0 aromatic carbocycles. The molecule has 2 aliphatic rings. The third kappa shape index (κ3) is 7.64. The number of hydrogen-bond donors (Lipinski definition) is 2. The SMILES string of the molecule is CC1(C)CC(O)CC(C)(C)N1OCCCCCCCCON1C(C)(C)CC(O)CC1(C)C. The van der Waals surface area contributed by atoms with Gasteiger partial charge in [-0.2, -0.15) is 10.1 Å². The first-order valence-corrected chi connectivity index (χ1v) is 12.9. The molecule has 190 valence electrons. The highest BCUT2D eigenvalue weighted by molar-refractivity contribution is 4.97. The average molecular weight is 457 g/mol. The fraction of sp³-hybridized carbons (Fsp3) is 1.00. The first-order chi connectivity index (χ1) is 14.7. The summed E-state index contributed by atoms with van der Waals surface area (Å²) in [4.78, 5) is 12.4. The molecule has 0 amide bonds. The second kappa shape index (κ2) is 11.0. The maximum atomic E-state index is 10.2. The summed E-state index contributed by atoms with van der Waals surface area (Å²) >= 11 is 0. The van der Waals surface area contributed by atoms with Gasteiger partial charge < -0.3 is 10.2 Å². The van der Waals surface area contributed by atoms with Gasteiger partial charge in [-0.3, -0.25) is 9.68 Å². The van der Waals surface area contributed by atoms with E-state index in [1.807, 2.05) is 0 Å². The number of aliphatic hydroxyl groups excluding tert-OH is 2. The Labute approximate surface area is 197 Å². The number of aliphatic hydroxyl groups is 2. The van der Waals surface area contributed by atoms with Crippen LogP contribution in [0, 0.1) is 0 Å². The molecule has 6 nitrogen and oxygen atoms in total. The van der Waals surface area contributed by atoms with Gasteiger partial charge in [-0.1, -0.05) is 25.7 Å². The van der Waals surface area contributed by atoms with Crippen LogP contribution in [0.15, 0.2) is 0 Å². The van der Waals surface area contributed by atoms with E-state index in [4.69, 9.17) is 9.68 Å². The lowest BCUT2D eigenvalue weighted by Crippen LogP contribution is -2.61. The lowest BCUT2D eigenvalue weighted by atomic mass is 9.80. The molecule has 0 aromatic rings. The van der Waals surface area contributed by atoms with Crippen molar-refractivity contribution in [2.45, 2.75) is 154 Å². The monoisotopic (exact) mass is 456 g/mol. The molecule has 2 fully saturated rings. The standard InChI is InChI=1S/C26H52N2O4/c1-23(2)17-21(29)18-24(3,4)27(23)31-15-13-11-9-10-12-14-16-32-28-25(5,6)19-22(30)20-26(28,7)8/h21-22,29-30H,9-20H2,1-8H3. The van der Waals surface area contributed by atoms with Gasteiger partial charge in [0.2, 0.25) is 0 Å². The lowest BCUT2D eigenvalue weighted by Gasteiger charge is -2.52. The predicted molar refractivity (Wildman–Crippen MR) is 130 cm³/mol. The number of rotatable bonds is 11. The Morgan fingerprint density at radius 3 is 1.06 bits per heavy atom. The van der Waals surface area contributed by atoms with Crippen LogP contribution in [0.25, 0.3) is 0 Å². The van der Waals surface area contributed by atoms with Crippen molar-refractivity contribution in [3.63, 3.8) is 0 Å². The Hall–Kier alpha value is -0.240. The molecule has 0 aliphatic carbocycles. The zero-order valence-corrected chi connectivity index (χ0v) is 22.2. The van der Waals surface area contributed by atoms with Crippen molar-refractivity contribution in [2.75, 3.05) is 13.2 Å². The van der Waals surface area contributed by atoms with Crippen LogP contribution in [0.2, 0.25) is 0 Å². The quantitative estimate of drug-likeness (QED) is 0.416. The fourth-order valence-electron chi connectivity index (χ4n) is 6.34. The highest BCUT2D eigenvalue weighted by Gasteiger charge is 2.47. The maximum absolute atomic E-state index is 10.2. The molecule has 2 N–H and O–H groups in total. The van der Waals surface area contributed by atoms with Crippen molar-refractivity contribution >= 4 is 0 Å². The van der Waals surface area contributed by atoms with E-state index in [0.717, 1.165) is 51.7 Å². The zero-order valence-electron chi connectivity index (χ0n) is 22.2. The minimum atomic E-state index is -0.248. The molecule has 2 rings (SSSR count). The molecule has 0 radical (unpaired) electrons. The number of unbranched alkanes of at least 4 members (excludes halogenated alkanes) is 5. The van der Waals surface area contributed by atoms with Gasteiger partial charge in [-0.15, -0.1) is 0 Å². The van der Waals surface area contributed by atoms with E-state index in [2.05, 4.69) is 65.5 Å². The summed E-state index contributed by atoms with van der Waals surface area (Å²) in [7, 11) is 0. The molecule has 0 atom stereocenters. The molecule has 0 saturated carbocycles. The van der Waals surface area contributed by atoms with E-state index in [9.17, 15) is 10.2 Å². The highest BCUT2D eigenvalue weighted by Crippen LogP contribution is 2.39. The van der Waals surface area contributed by atoms with Gasteiger partial charge in [0, 0.05) is 22.2 Å². The van der Waals surface area contributed by atoms with E-state index < -0.39 is 0 Å². The van der Waals surface area contributed by atoms with Gasteiger partial charge in [0.1, 0.15) is 0 Å². The molecule has 2 heterocycles. The van der Waals surface area contributed by atoms with Gasteiger partial charge in [0.15, 0.2) is 0 Å². The van der Waals surface area contributed by atoms with E-state index in [0.29, 0.717) is 0 Å². The van der Waals surface area contributed by atoms with E-state index >= 15 is 0 Å². The number of piperidine rings is 2. The molecule has 32 heavy (non-hydrogen) atoms. The number of hydrogen-bond acceptors (Lipinski definition) is 6. The van der Waals surface area contributed by atoms with Crippen LogP contribution >= 0.6 is 0 Å². The van der Waals surface area contributed by atoms with Gasteiger partial charge in [-0.05, 0) is 93.9 Å². The second-order valence-corrected chi connectivity index (χ2v) is 12.8. The minimum absolute atomic E-state index is 0.142. The largest absolute Gasteiger partial charge is 0.393 e. The third-order valence-electron chi connectivity index (χ3n) is 7.12. The Morgan fingerprint density at radius 2 is 0.781 bits per heavy atom. The minimum Gasteiger partial charge on any atom is -0.393 e. The summed E-state index contributed by atoms with van der Waals surface area (Å²) in [5.74, 6) is 0. The molecule has 6 heteroatoms. The molecule has 0 aromatic heterocycles. The normalized spacial score (nSPS) is 26.4. The van der Waals surface area contributed by atoms with Gasteiger partial charge in [-0.25, -0.2) is 0 Å². The fourth-order valence-corrected chi connectivity index (χ4v) is 6.34. The first-order valence-electron chi connectivity index (χ1n) is 12.9. The first kappa shape index (κ1) is 28.0. The summed E-state index contributed by atoms with van der Waals surface area (Å²) in [5, 5.41) is 24.6. The van der Waals surface area contributed by atoms with Gasteiger partial charge in [0.25, 0.3) is 0 Å². The molecule has 0 unspecified atom stereocenters. The van der Waals surface area contributed by atoms with Crippen LogP contribution in [-0.2, 0) is 9.68 Å². The molecule has 0 bridgehead atoms. The van der Waals surface area contributed by atoms with E-state index in [-0.39, 0.29) is 34.4 Å². The highest BCUT2D eigenvalue weighted by atomic mass is 16.7. The Morgan fingerprint density at radius 1 is 0.531 bits per heavy atom. The molecule has 0 spiro atoms. The van der Waals surface area contributed by atoms with Crippen LogP contribution in [0.4, 0.5) is 0 Å². The van der Waals surface area contributed by atoms with Crippen molar-refractivity contribution in [3.8, 4) is 0 Å². The second-order valence-electron chi connectivity index (χ2n) is 12.8. The third-order valence-corrected chi connectivity index (χ3v) is 7.12. The van der Waals surface area contributed by atoms with Crippen LogP contribution in [0.1, 0.15) is 120 Å². The maximum Gasteiger partial charge on any atom is 0.0685 e. The average Bonchev–Trinajstić information content (AvgIpc) is 2.57. The van der Waals surface area contributed by atoms with Crippen molar-refractivity contribution in [1.82, 2.24) is 10.1 Å². The van der Waals surface area contributed by atoms with Gasteiger partial charge in [0.05, 0.1) is 25.4 Å². The number of nitrogens with zero attached hydrogens (tertiary/aromatic N) is 2. The smallest absolute Gasteiger partial charge is 0.0685 e. The molecular weight excluding hydrogens is 404 g/mol. The Kier molecular flexibility index (Phi) is 9.63. The summed E-state index contributed by atoms with van der Waals surface area (Å²) < 4.78 is 0. The summed E-state index contributed by atoms with van der Waals surface area (Å²) in [6.45, 7) is 18.8. The van der Waals surface area contributed by atoms with Crippen molar-refractivity contribution in [1.29, 1.82) is 0 Å². The van der Waals surface area contributed by atoms with Crippen LogP contribution in [0.5, 0.6) is 0 Å². The zero-order chi connectivity index (χ0) is 24.2. The van der Waals surface area contributed by atoms with Crippen molar-refractivity contribution in [2.24, 2.45) is 0 Å². The van der Waals surface area contributed by atoms with Crippen LogP contribution in [-0.4, -0.2) is 67.9 Å². The molecular formula is C26H52N2O4. The van der Waals surface area contributed by atoms with Crippen molar-refractivity contribution in [3.05, 3.63) is 0 Å².